The highest BCUT2D eigenvalue weighted by molar-refractivity contribution is 6.66. The zero-order chi connectivity index (χ0) is 14.9. The molecule has 1 N–H and O–H groups in total. The number of ether oxygens (including phenoxy) is 1. The molecular weight excluding hydrogens is 357 g/mol. The van der Waals surface area contributed by atoms with Gasteiger partial charge in [0.2, 0.25) is 4.33 Å². The molecule has 0 amide bonds. The molecule has 0 radical (unpaired) electrons. The second-order valence-electron chi connectivity index (χ2n) is 3.78. The molecule has 0 aliphatic heterocycles. The lowest BCUT2D eigenvalue weighted by molar-refractivity contribution is -0.149. The average molecular weight is 366 g/mol. The van der Waals surface area contributed by atoms with Crippen molar-refractivity contribution in [3.8, 4) is 5.75 Å². The van der Waals surface area contributed by atoms with E-state index in [-0.39, 0.29) is 5.75 Å². The standard InChI is InChI=1S/C11H9Cl5O3/c1-9(12,13)11(15,16)10(14,8(17)18)19-7-5-3-2-4-6-7/h2-6H,1H3,(H,17,18). The van der Waals surface area contributed by atoms with E-state index in [0.29, 0.717) is 0 Å². The lowest BCUT2D eigenvalue weighted by Gasteiger charge is -2.39. The van der Waals surface area contributed by atoms with Crippen LogP contribution in [0.4, 0.5) is 0 Å². The van der Waals surface area contributed by atoms with Gasteiger partial charge in [-0.05, 0) is 19.1 Å². The van der Waals surface area contributed by atoms with Gasteiger partial charge in [-0.25, -0.2) is 4.79 Å². The van der Waals surface area contributed by atoms with Crippen molar-refractivity contribution < 1.29 is 14.6 Å². The van der Waals surface area contributed by atoms with Gasteiger partial charge in [0.1, 0.15) is 5.75 Å². The van der Waals surface area contributed by atoms with Crippen LogP contribution in [0.2, 0.25) is 0 Å². The fourth-order valence-corrected chi connectivity index (χ4v) is 2.06. The van der Waals surface area contributed by atoms with Gasteiger partial charge in [-0.2, -0.15) is 0 Å². The molecule has 19 heavy (non-hydrogen) atoms. The number of halogens is 5. The number of aliphatic carboxylic acids is 1. The molecule has 1 unspecified atom stereocenters. The largest absolute Gasteiger partial charge is 0.477 e. The van der Waals surface area contributed by atoms with Crippen molar-refractivity contribution in [3.63, 3.8) is 0 Å². The summed E-state index contributed by atoms with van der Waals surface area (Å²) in [5, 5.41) is 6.69. The second kappa shape index (κ2) is 5.74. The molecule has 0 fully saturated rings. The Bertz CT molecular complexity index is 457. The zero-order valence-corrected chi connectivity index (χ0v) is 13.3. The molecule has 0 aromatic heterocycles. The van der Waals surface area contributed by atoms with Gasteiger partial charge < -0.3 is 9.84 Å². The summed E-state index contributed by atoms with van der Waals surface area (Å²) >= 11 is 29.4. The molecule has 0 spiro atoms. The Labute approximate surface area is 135 Å². The van der Waals surface area contributed by atoms with E-state index >= 15 is 0 Å². The van der Waals surface area contributed by atoms with Gasteiger partial charge in [0.05, 0.1) is 0 Å². The zero-order valence-electron chi connectivity index (χ0n) is 9.54. The first-order valence-corrected chi connectivity index (χ1v) is 6.83. The highest BCUT2D eigenvalue weighted by Crippen LogP contribution is 2.52. The van der Waals surface area contributed by atoms with E-state index in [4.69, 9.17) is 62.7 Å². The maximum atomic E-state index is 11.4. The quantitative estimate of drug-likeness (QED) is 0.783. The molecule has 1 aromatic rings. The van der Waals surface area contributed by atoms with Crippen LogP contribution in [0.5, 0.6) is 5.75 Å². The van der Waals surface area contributed by atoms with Gasteiger partial charge in [0.25, 0.3) is 0 Å². The van der Waals surface area contributed by atoms with Crippen molar-refractivity contribution in [2.24, 2.45) is 0 Å². The molecule has 0 saturated heterocycles. The third-order valence-corrected chi connectivity index (χ3v) is 5.19. The van der Waals surface area contributed by atoms with Crippen molar-refractivity contribution >= 4 is 64.0 Å². The number of alkyl halides is 5. The Morgan fingerprint density at radius 1 is 1.11 bits per heavy atom. The summed E-state index contributed by atoms with van der Waals surface area (Å²) in [6.45, 7) is 1.21. The SMILES string of the molecule is CC(Cl)(Cl)C(Cl)(Cl)C(Cl)(Oc1ccccc1)C(=O)O. The van der Waals surface area contributed by atoms with E-state index in [1.54, 1.807) is 18.2 Å². The van der Waals surface area contributed by atoms with Crippen LogP contribution in [0.25, 0.3) is 0 Å². The van der Waals surface area contributed by atoms with Crippen LogP contribution < -0.4 is 4.74 Å². The van der Waals surface area contributed by atoms with Gasteiger partial charge in [-0.1, -0.05) is 76.2 Å². The molecule has 106 valence electrons. The summed E-state index contributed by atoms with van der Waals surface area (Å²) in [6, 6.07) is 7.94. The second-order valence-corrected chi connectivity index (χ2v) is 7.34. The van der Waals surface area contributed by atoms with Crippen molar-refractivity contribution in [3.05, 3.63) is 30.3 Å². The number of rotatable bonds is 5. The molecule has 0 heterocycles. The smallest absolute Gasteiger partial charge is 0.367 e. The average Bonchev–Trinajstić information content (AvgIpc) is 2.28. The van der Waals surface area contributed by atoms with Gasteiger partial charge in [0.15, 0.2) is 4.33 Å². The predicted molar refractivity (Wildman–Crippen MR) is 77.8 cm³/mol. The van der Waals surface area contributed by atoms with Crippen LogP contribution in [-0.4, -0.2) is 24.8 Å². The molecule has 0 saturated carbocycles. The molecule has 1 aromatic carbocycles. The van der Waals surface area contributed by atoms with E-state index in [9.17, 15) is 9.90 Å². The normalized spacial score (nSPS) is 15.7. The van der Waals surface area contributed by atoms with E-state index in [1.807, 2.05) is 0 Å². The minimum atomic E-state index is -2.56. The van der Waals surface area contributed by atoms with Gasteiger partial charge in [-0.15, -0.1) is 0 Å². The summed E-state index contributed by atoms with van der Waals surface area (Å²) in [4.78, 5) is 11.4. The molecule has 8 heteroatoms. The van der Waals surface area contributed by atoms with E-state index in [0.717, 1.165) is 0 Å². The number of carboxylic acids is 1. The van der Waals surface area contributed by atoms with Crippen molar-refractivity contribution in [2.75, 3.05) is 0 Å². The van der Waals surface area contributed by atoms with E-state index in [1.165, 1.54) is 19.1 Å². The van der Waals surface area contributed by atoms with E-state index < -0.39 is 19.7 Å². The predicted octanol–water partition coefficient (Wildman–Crippen LogP) is 4.45. The molecular formula is C11H9Cl5O3. The van der Waals surface area contributed by atoms with Crippen LogP contribution in [0.3, 0.4) is 0 Å². The number of benzene rings is 1. The maximum absolute atomic E-state index is 11.4. The number of para-hydroxylation sites is 1. The number of hydrogen-bond acceptors (Lipinski definition) is 2. The van der Waals surface area contributed by atoms with Crippen LogP contribution in [0.15, 0.2) is 30.3 Å². The summed E-state index contributed by atoms with van der Waals surface area (Å²) < 4.78 is 1.00. The Hall–Kier alpha value is -0.0600. The Kier molecular flexibility index (Phi) is 5.14. The molecule has 0 aliphatic carbocycles. The third-order valence-electron chi connectivity index (χ3n) is 2.23. The van der Waals surface area contributed by atoms with Crippen molar-refractivity contribution in [1.82, 2.24) is 0 Å². The molecule has 1 rings (SSSR count). The van der Waals surface area contributed by atoms with Gasteiger partial charge in [0, 0.05) is 0 Å². The van der Waals surface area contributed by atoms with Gasteiger partial charge >= 0.3 is 11.0 Å². The highest BCUT2D eigenvalue weighted by atomic mass is 35.5. The molecule has 0 bridgehead atoms. The Morgan fingerprint density at radius 3 is 1.95 bits per heavy atom. The van der Waals surface area contributed by atoms with Crippen LogP contribution in [0.1, 0.15) is 6.92 Å². The van der Waals surface area contributed by atoms with Crippen LogP contribution in [-0.2, 0) is 4.79 Å². The topological polar surface area (TPSA) is 46.5 Å². The first-order chi connectivity index (χ1) is 8.52. The minimum Gasteiger partial charge on any atom is -0.477 e. The summed E-state index contributed by atoms with van der Waals surface area (Å²) in [5.41, 5.74) is 0. The van der Waals surface area contributed by atoms with E-state index in [2.05, 4.69) is 0 Å². The Balaban J connectivity index is 3.23. The van der Waals surface area contributed by atoms with Crippen LogP contribution >= 0.6 is 58.0 Å². The first-order valence-electron chi connectivity index (χ1n) is 4.94. The molecule has 0 aliphatic rings. The first kappa shape index (κ1) is 17.0. The summed E-state index contributed by atoms with van der Waals surface area (Å²) in [7, 11) is 0. The molecule has 1 atom stereocenters. The lowest BCUT2D eigenvalue weighted by atomic mass is 10.1. The number of carboxylic acid groups (broad SMARTS) is 1. The number of hydrogen-bond donors (Lipinski definition) is 1. The fraction of sp³-hybridized carbons (Fsp3) is 0.364. The maximum Gasteiger partial charge on any atom is 0.367 e. The number of carbonyl (C=O) groups is 1. The third kappa shape index (κ3) is 3.34. The minimum absolute atomic E-state index is 0.156. The summed E-state index contributed by atoms with van der Waals surface area (Å²) in [6.07, 6.45) is 0. The van der Waals surface area contributed by atoms with Gasteiger partial charge in [-0.3, -0.25) is 0 Å². The van der Waals surface area contributed by atoms with Crippen LogP contribution in [0, 0.1) is 0 Å². The molecule has 3 nitrogen and oxygen atoms in total. The highest BCUT2D eigenvalue weighted by Gasteiger charge is 2.65. The van der Waals surface area contributed by atoms with Crippen molar-refractivity contribution in [2.45, 2.75) is 20.7 Å². The summed E-state index contributed by atoms with van der Waals surface area (Å²) in [5.74, 6) is -1.46. The lowest BCUT2D eigenvalue weighted by Crippen LogP contribution is -2.59. The van der Waals surface area contributed by atoms with Crippen molar-refractivity contribution in [1.29, 1.82) is 0 Å². The Morgan fingerprint density at radius 2 is 1.58 bits per heavy atom. The fourth-order valence-electron chi connectivity index (χ4n) is 1.18. The monoisotopic (exact) mass is 364 g/mol.